The van der Waals surface area contributed by atoms with Gasteiger partial charge < -0.3 is 34.5 Å². The van der Waals surface area contributed by atoms with Gasteiger partial charge in [-0.05, 0) is 69.4 Å². The number of ether oxygens (including phenoxy) is 4. The molecule has 3 heterocycles. The molecule has 0 radical (unpaired) electrons. The van der Waals surface area contributed by atoms with E-state index in [2.05, 4.69) is 27.8 Å². The predicted octanol–water partition coefficient (Wildman–Crippen LogP) is 6.08. The maximum absolute atomic E-state index is 14.9. The maximum Gasteiger partial charge on any atom is 0.427 e. The molecule has 2 aromatic rings. The van der Waals surface area contributed by atoms with Crippen LogP contribution in [0.15, 0.2) is 30.5 Å². The smallest absolute Gasteiger partial charge is 0.427 e. The van der Waals surface area contributed by atoms with Crippen molar-refractivity contribution < 1.29 is 50.9 Å². The van der Waals surface area contributed by atoms with Crippen molar-refractivity contribution in [2.75, 3.05) is 20.8 Å². The van der Waals surface area contributed by atoms with Crippen LogP contribution in [0.3, 0.4) is 0 Å². The lowest BCUT2D eigenvalue weighted by Crippen LogP contribution is -2.57. The van der Waals surface area contributed by atoms with E-state index in [9.17, 15) is 31.9 Å². The lowest BCUT2D eigenvalue weighted by molar-refractivity contribution is -0.244. The van der Waals surface area contributed by atoms with Crippen molar-refractivity contribution in [3.05, 3.63) is 36.3 Å². The number of pyridine rings is 1. The van der Waals surface area contributed by atoms with Crippen LogP contribution < -0.4 is 24.8 Å². The van der Waals surface area contributed by atoms with Gasteiger partial charge in [0.25, 0.3) is 0 Å². The molecule has 15 heteroatoms. The molecule has 3 amide bonds. The van der Waals surface area contributed by atoms with Gasteiger partial charge in [0.2, 0.25) is 23.3 Å². The van der Waals surface area contributed by atoms with E-state index in [-0.39, 0.29) is 47.9 Å². The summed E-state index contributed by atoms with van der Waals surface area (Å²) in [5.74, 6) is -1.60. The average molecular weight is 723 g/mol. The zero-order chi connectivity index (χ0) is 37.2. The van der Waals surface area contributed by atoms with Gasteiger partial charge in [-0.2, -0.15) is 13.2 Å². The van der Waals surface area contributed by atoms with E-state index >= 15 is 0 Å². The Morgan fingerprint density at radius 2 is 1.80 bits per heavy atom. The highest BCUT2D eigenvalue weighted by Crippen LogP contribution is 2.38. The number of alkyl halides is 3. The van der Waals surface area contributed by atoms with Crippen LogP contribution in [0.25, 0.3) is 10.8 Å². The summed E-state index contributed by atoms with van der Waals surface area (Å²) in [6, 6.07) is 0.192. The minimum absolute atomic E-state index is 0.0179. The molecule has 2 N–H and O–H groups in total. The largest absolute Gasteiger partial charge is 0.494 e. The molecule has 1 aromatic heterocycles. The quantitative estimate of drug-likeness (QED) is 0.260. The van der Waals surface area contributed by atoms with E-state index in [1.54, 1.807) is 0 Å². The zero-order valence-electron chi connectivity index (χ0n) is 29.6. The van der Waals surface area contributed by atoms with E-state index in [0.717, 1.165) is 33.1 Å². The molecule has 1 aromatic carbocycles. The van der Waals surface area contributed by atoms with Crippen LogP contribution in [-0.2, 0) is 14.3 Å². The number of rotatable bonds is 7. The van der Waals surface area contributed by atoms with Crippen molar-refractivity contribution in [3.8, 4) is 17.4 Å². The van der Waals surface area contributed by atoms with E-state index in [1.807, 2.05) is 13.8 Å². The number of amides is 3. The van der Waals surface area contributed by atoms with Crippen molar-refractivity contribution in [1.82, 2.24) is 20.5 Å². The number of benzene rings is 1. The van der Waals surface area contributed by atoms with Crippen molar-refractivity contribution in [3.63, 3.8) is 0 Å². The summed E-state index contributed by atoms with van der Waals surface area (Å²) in [6.07, 6.45) is 1.76. The molecule has 11 nitrogen and oxygen atoms in total. The fraction of sp³-hybridized carbons (Fsp3) is 0.611. The number of fused-ring (bicyclic) bond motifs is 3. The molecule has 1 saturated heterocycles. The molecule has 1 aliphatic carbocycles. The Bertz CT molecular complexity index is 1650. The first-order valence-corrected chi connectivity index (χ1v) is 17.3. The molecule has 51 heavy (non-hydrogen) atoms. The van der Waals surface area contributed by atoms with Crippen molar-refractivity contribution >= 4 is 28.7 Å². The lowest BCUT2D eigenvalue weighted by atomic mass is 9.85. The highest BCUT2D eigenvalue weighted by molar-refractivity contribution is 5.94. The van der Waals surface area contributed by atoms with Crippen LogP contribution in [0.5, 0.6) is 17.4 Å². The first-order valence-electron chi connectivity index (χ1n) is 17.3. The van der Waals surface area contributed by atoms with Gasteiger partial charge in [0, 0.05) is 17.8 Å². The van der Waals surface area contributed by atoms with Crippen molar-refractivity contribution in [2.24, 2.45) is 17.8 Å². The summed E-state index contributed by atoms with van der Waals surface area (Å²) < 4.78 is 77.5. The van der Waals surface area contributed by atoms with E-state index < -0.39 is 59.6 Å². The van der Waals surface area contributed by atoms with Crippen LogP contribution in [-0.4, -0.2) is 84.6 Å². The minimum atomic E-state index is -4.86. The van der Waals surface area contributed by atoms with Gasteiger partial charge in [0.15, 0.2) is 11.6 Å². The van der Waals surface area contributed by atoms with Gasteiger partial charge in [-0.15, -0.1) is 0 Å². The highest BCUT2D eigenvalue weighted by atomic mass is 19.4. The number of aromatic nitrogens is 1. The molecule has 0 unspecified atom stereocenters. The van der Waals surface area contributed by atoms with Gasteiger partial charge in [0.1, 0.15) is 23.9 Å². The molecular formula is C36H46F4N4O7. The molecule has 1 saturated carbocycles. The van der Waals surface area contributed by atoms with Crippen molar-refractivity contribution in [1.29, 1.82) is 0 Å². The second kappa shape index (κ2) is 15.1. The Morgan fingerprint density at radius 3 is 2.47 bits per heavy atom. The van der Waals surface area contributed by atoms with Gasteiger partial charge >= 0.3 is 12.3 Å². The molecule has 2 aliphatic heterocycles. The standard InChI is InChI=1S/C36H46F4N4O7/c1-7-20-12-19(2)10-8-9-11-21-13-26(21)42-31(45)27-14-22(18-44(27)33(46)30(20)43-34(47)51-35(3,4)36(38,39)40)50-32-24-15-25(37)28(48-5)16-23(24)29(49-6)17-41-32/h9,11,15-17,19-22,26-27,30H,7-8,10,12-14,18H2,1-6H3,(H,42,45)(H,43,47)/b11-9-/t19-,20+,21+,22+,26+,27-,30-/m0/s1. The highest BCUT2D eigenvalue weighted by Gasteiger charge is 2.52. The molecule has 2 fully saturated rings. The van der Waals surface area contributed by atoms with Crippen LogP contribution in [0.2, 0.25) is 0 Å². The second-order valence-corrected chi connectivity index (χ2v) is 14.2. The van der Waals surface area contributed by atoms with Crippen molar-refractivity contribution in [2.45, 2.75) is 102 Å². The number of nitrogens with one attached hydrogen (secondary N) is 2. The zero-order valence-corrected chi connectivity index (χ0v) is 29.6. The lowest BCUT2D eigenvalue weighted by Gasteiger charge is -2.34. The van der Waals surface area contributed by atoms with Gasteiger partial charge in [-0.1, -0.05) is 32.4 Å². The fourth-order valence-corrected chi connectivity index (χ4v) is 6.84. The van der Waals surface area contributed by atoms with Gasteiger partial charge in [-0.25, -0.2) is 14.2 Å². The number of allylic oxidation sites excluding steroid dienone is 1. The van der Waals surface area contributed by atoms with Crippen LogP contribution in [0.4, 0.5) is 22.4 Å². The van der Waals surface area contributed by atoms with Crippen LogP contribution >= 0.6 is 0 Å². The number of alkyl carbamates (subject to hydrolysis) is 1. The average Bonchev–Trinajstić information content (AvgIpc) is 3.66. The number of carbonyl (C=O) groups is 3. The maximum atomic E-state index is 14.9. The summed E-state index contributed by atoms with van der Waals surface area (Å²) in [5.41, 5.74) is -2.82. The second-order valence-electron chi connectivity index (χ2n) is 14.2. The molecule has 7 atom stereocenters. The minimum Gasteiger partial charge on any atom is -0.494 e. The number of nitrogens with zero attached hydrogens (tertiary/aromatic N) is 2. The number of halogens is 4. The van der Waals surface area contributed by atoms with E-state index in [0.29, 0.717) is 24.0 Å². The SMILES string of the molecule is CC[C@@H]1C[C@@H](C)CC/C=C\[C@@H]2C[C@H]2NC(=O)[C@@H]2C[C@@H](Oc3ncc(OC)c4cc(OC)c(F)cc34)CN2C(=O)[C@H]1NC(=O)OC(C)(C)C(F)(F)F. The monoisotopic (exact) mass is 722 g/mol. The third-order valence-corrected chi connectivity index (χ3v) is 10.1. The van der Waals surface area contributed by atoms with Crippen LogP contribution in [0.1, 0.15) is 66.2 Å². The predicted molar refractivity (Wildman–Crippen MR) is 179 cm³/mol. The Labute approximate surface area is 294 Å². The molecule has 280 valence electrons. The molecular weight excluding hydrogens is 676 g/mol. The summed E-state index contributed by atoms with van der Waals surface area (Å²) in [4.78, 5) is 47.1. The number of hydrogen-bond donors (Lipinski definition) is 2. The topological polar surface area (TPSA) is 128 Å². The number of hydrogen-bond acceptors (Lipinski definition) is 8. The molecule has 5 rings (SSSR count). The molecule has 3 aliphatic rings. The first-order chi connectivity index (χ1) is 24.1. The van der Waals surface area contributed by atoms with E-state index in [1.165, 1.54) is 37.4 Å². The summed E-state index contributed by atoms with van der Waals surface area (Å²) in [7, 11) is 2.77. The fourth-order valence-electron chi connectivity index (χ4n) is 6.84. The van der Waals surface area contributed by atoms with E-state index in [4.69, 9.17) is 18.9 Å². The third kappa shape index (κ3) is 8.44. The summed E-state index contributed by atoms with van der Waals surface area (Å²) in [6.45, 7) is 5.20. The Hall–Kier alpha value is -4.30. The van der Waals surface area contributed by atoms with Gasteiger partial charge in [-0.3, -0.25) is 9.59 Å². The normalized spacial score (nSPS) is 28.0. The third-order valence-electron chi connectivity index (χ3n) is 10.1. The molecule has 0 bridgehead atoms. The summed E-state index contributed by atoms with van der Waals surface area (Å²) >= 11 is 0. The molecule has 0 spiro atoms. The Kier molecular flexibility index (Phi) is 11.3. The van der Waals surface area contributed by atoms with Gasteiger partial charge in [0.05, 0.1) is 32.3 Å². The summed E-state index contributed by atoms with van der Waals surface area (Å²) in [5, 5.41) is 6.22. The number of carbonyl (C=O) groups excluding carboxylic acids is 3. The number of methoxy groups -OCH3 is 2. The Balaban J connectivity index is 1.49. The first kappa shape index (κ1) is 37.9. The Morgan fingerprint density at radius 1 is 1.08 bits per heavy atom. The van der Waals surface area contributed by atoms with Crippen LogP contribution in [0, 0.1) is 23.6 Å².